The minimum Gasteiger partial charge on any atom is -0.335 e. The SMILES string of the molecule is CC(C)N(CC1CCCCN1)C(=O)c1ccnnc1. The first kappa shape index (κ1) is 13.9. The van der Waals surface area contributed by atoms with Crippen molar-refractivity contribution in [1.29, 1.82) is 0 Å². The molecule has 0 spiro atoms. The van der Waals surface area contributed by atoms with E-state index in [1.807, 2.05) is 4.90 Å². The monoisotopic (exact) mass is 262 g/mol. The smallest absolute Gasteiger partial charge is 0.255 e. The lowest BCUT2D eigenvalue weighted by Crippen LogP contribution is -2.48. The summed E-state index contributed by atoms with van der Waals surface area (Å²) in [7, 11) is 0. The van der Waals surface area contributed by atoms with Gasteiger partial charge in [0.2, 0.25) is 0 Å². The van der Waals surface area contributed by atoms with Gasteiger partial charge in [0.25, 0.3) is 5.91 Å². The van der Waals surface area contributed by atoms with Crippen LogP contribution in [0.2, 0.25) is 0 Å². The highest BCUT2D eigenvalue weighted by Gasteiger charge is 2.23. The van der Waals surface area contributed by atoms with Crippen LogP contribution < -0.4 is 5.32 Å². The number of amides is 1. The average Bonchev–Trinajstić information content (AvgIpc) is 2.46. The predicted octanol–water partition coefficient (Wildman–Crippen LogP) is 1.47. The highest BCUT2D eigenvalue weighted by molar-refractivity contribution is 5.94. The molecule has 1 aliphatic heterocycles. The van der Waals surface area contributed by atoms with Crippen LogP contribution in [-0.4, -0.2) is 46.2 Å². The summed E-state index contributed by atoms with van der Waals surface area (Å²) in [6, 6.07) is 2.32. The van der Waals surface area contributed by atoms with Crippen molar-refractivity contribution in [2.24, 2.45) is 0 Å². The number of hydrogen-bond acceptors (Lipinski definition) is 4. The topological polar surface area (TPSA) is 58.1 Å². The molecule has 1 aromatic rings. The van der Waals surface area contributed by atoms with Crippen molar-refractivity contribution in [1.82, 2.24) is 20.4 Å². The number of rotatable bonds is 4. The maximum Gasteiger partial charge on any atom is 0.255 e. The van der Waals surface area contributed by atoms with Gasteiger partial charge in [-0.05, 0) is 39.3 Å². The standard InChI is InChI=1S/C14H22N4O/c1-11(2)18(10-13-5-3-4-7-15-13)14(19)12-6-8-16-17-9-12/h6,8-9,11,13,15H,3-5,7,10H2,1-2H3. The fourth-order valence-corrected chi connectivity index (χ4v) is 2.43. The van der Waals surface area contributed by atoms with E-state index in [9.17, 15) is 4.79 Å². The Balaban J connectivity index is 2.05. The van der Waals surface area contributed by atoms with Crippen LogP contribution in [0.4, 0.5) is 0 Å². The van der Waals surface area contributed by atoms with Crippen LogP contribution in [0.5, 0.6) is 0 Å². The maximum atomic E-state index is 12.5. The number of hydrogen-bond donors (Lipinski definition) is 1. The number of carbonyl (C=O) groups is 1. The molecule has 0 saturated carbocycles. The van der Waals surface area contributed by atoms with Gasteiger partial charge < -0.3 is 10.2 Å². The molecule has 0 radical (unpaired) electrons. The molecule has 1 unspecified atom stereocenters. The summed E-state index contributed by atoms with van der Waals surface area (Å²) in [5.41, 5.74) is 0.611. The van der Waals surface area contributed by atoms with E-state index in [1.165, 1.54) is 19.0 Å². The summed E-state index contributed by atoms with van der Waals surface area (Å²) in [5, 5.41) is 11.0. The van der Waals surface area contributed by atoms with Gasteiger partial charge in [-0.25, -0.2) is 0 Å². The van der Waals surface area contributed by atoms with Crippen molar-refractivity contribution in [3.8, 4) is 0 Å². The van der Waals surface area contributed by atoms with Crippen LogP contribution in [0.3, 0.4) is 0 Å². The molecule has 5 nitrogen and oxygen atoms in total. The zero-order chi connectivity index (χ0) is 13.7. The second kappa shape index (κ2) is 6.61. The quantitative estimate of drug-likeness (QED) is 0.892. The summed E-state index contributed by atoms with van der Waals surface area (Å²) in [5.74, 6) is 0.0391. The fourth-order valence-electron chi connectivity index (χ4n) is 2.43. The molecule has 0 aromatic carbocycles. The Bertz CT molecular complexity index is 401. The third-order valence-electron chi connectivity index (χ3n) is 3.54. The van der Waals surface area contributed by atoms with Crippen LogP contribution >= 0.6 is 0 Å². The van der Waals surface area contributed by atoms with E-state index in [2.05, 4.69) is 29.4 Å². The maximum absolute atomic E-state index is 12.5. The Morgan fingerprint density at radius 2 is 2.32 bits per heavy atom. The highest BCUT2D eigenvalue weighted by Crippen LogP contribution is 2.13. The normalized spacial score (nSPS) is 19.4. The van der Waals surface area contributed by atoms with Gasteiger partial charge in [0.1, 0.15) is 0 Å². The summed E-state index contributed by atoms with van der Waals surface area (Å²) < 4.78 is 0. The number of aromatic nitrogens is 2. The van der Waals surface area contributed by atoms with Gasteiger partial charge in [0, 0.05) is 18.6 Å². The largest absolute Gasteiger partial charge is 0.335 e. The minimum atomic E-state index is 0.0391. The molecule has 2 rings (SSSR count). The number of nitrogens with one attached hydrogen (secondary N) is 1. The Kier molecular flexibility index (Phi) is 4.85. The first-order valence-corrected chi connectivity index (χ1v) is 6.99. The third-order valence-corrected chi connectivity index (χ3v) is 3.54. The van der Waals surface area contributed by atoms with E-state index in [4.69, 9.17) is 0 Å². The lowest BCUT2D eigenvalue weighted by Gasteiger charge is -2.33. The second-order valence-electron chi connectivity index (χ2n) is 5.33. The lowest BCUT2D eigenvalue weighted by molar-refractivity contribution is 0.0676. The Hall–Kier alpha value is -1.49. The molecule has 5 heteroatoms. The zero-order valence-corrected chi connectivity index (χ0v) is 11.7. The van der Waals surface area contributed by atoms with Gasteiger partial charge in [-0.15, -0.1) is 0 Å². The molecule has 104 valence electrons. The Morgan fingerprint density at radius 3 is 2.89 bits per heavy atom. The van der Waals surface area contributed by atoms with Gasteiger partial charge in [0.05, 0.1) is 18.0 Å². The second-order valence-corrected chi connectivity index (χ2v) is 5.33. The van der Waals surface area contributed by atoms with Crippen LogP contribution in [-0.2, 0) is 0 Å². The van der Waals surface area contributed by atoms with Crippen molar-refractivity contribution in [3.05, 3.63) is 24.0 Å². The molecule has 2 heterocycles. The average molecular weight is 262 g/mol. The number of carbonyl (C=O) groups excluding carboxylic acids is 1. The van der Waals surface area contributed by atoms with E-state index in [1.54, 1.807) is 12.3 Å². The molecule has 1 N–H and O–H groups in total. The third kappa shape index (κ3) is 3.73. The van der Waals surface area contributed by atoms with Gasteiger partial charge in [-0.2, -0.15) is 10.2 Å². The first-order chi connectivity index (χ1) is 9.18. The number of piperidine rings is 1. The Labute approximate surface area is 114 Å². The van der Waals surface area contributed by atoms with Crippen LogP contribution in [0, 0.1) is 0 Å². The molecule has 1 aromatic heterocycles. The molecule has 0 bridgehead atoms. The van der Waals surface area contributed by atoms with E-state index in [-0.39, 0.29) is 11.9 Å². The molecule has 1 aliphatic rings. The summed E-state index contributed by atoms with van der Waals surface area (Å²) in [6.07, 6.45) is 6.72. The van der Waals surface area contributed by atoms with Crippen molar-refractivity contribution < 1.29 is 4.79 Å². The van der Waals surface area contributed by atoms with E-state index >= 15 is 0 Å². The minimum absolute atomic E-state index is 0.0391. The molecule has 0 aliphatic carbocycles. The van der Waals surface area contributed by atoms with E-state index in [0.717, 1.165) is 19.5 Å². The first-order valence-electron chi connectivity index (χ1n) is 6.99. The summed E-state index contributed by atoms with van der Waals surface area (Å²) >= 11 is 0. The molecule has 1 saturated heterocycles. The van der Waals surface area contributed by atoms with Gasteiger partial charge in [0.15, 0.2) is 0 Å². The van der Waals surface area contributed by atoms with E-state index in [0.29, 0.717) is 11.6 Å². The number of nitrogens with zero attached hydrogens (tertiary/aromatic N) is 3. The zero-order valence-electron chi connectivity index (χ0n) is 11.7. The molecule has 1 atom stereocenters. The summed E-state index contributed by atoms with van der Waals surface area (Å²) in [4.78, 5) is 14.4. The van der Waals surface area contributed by atoms with Gasteiger partial charge in [-0.3, -0.25) is 4.79 Å². The van der Waals surface area contributed by atoms with Gasteiger partial charge in [-0.1, -0.05) is 6.42 Å². The molecule has 1 fully saturated rings. The summed E-state index contributed by atoms with van der Waals surface area (Å²) in [6.45, 7) is 5.92. The van der Waals surface area contributed by atoms with Crippen LogP contribution in [0.1, 0.15) is 43.5 Å². The molecular formula is C14H22N4O. The van der Waals surface area contributed by atoms with Gasteiger partial charge >= 0.3 is 0 Å². The van der Waals surface area contributed by atoms with Crippen molar-refractivity contribution in [2.75, 3.05) is 13.1 Å². The molecular weight excluding hydrogens is 240 g/mol. The predicted molar refractivity (Wildman–Crippen MR) is 73.8 cm³/mol. The van der Waals surface area contributed by atoms with Crippen LogP contribution in [0.25, 0.3) is 0 Å². The van der Waals surface area contributed by atoms with Crippen LogP contribution in [0.15, 0.2) is 18.5 Å². The molecule has 1 amide bonds. The molecule has 19 heavy (non-hydrogen) atoms. The highest BCUT2D eigenvalue weighted by atomic mass is 16.2. The lowest BCUT2D eigenvalue weighted by atomic mass is 10.0. The van der Waals surface area contributed by atoms with E-state index < -0.39 is 0 Å². The van der Waals surface area contributed by atoms with Crippen molar-refractivity contribution in [2.45, 2.75) is 45.2 Å². The fraction of sp³-hybridized carbons (Fsp3) is 0.643. The van der Waals surface area contributed by atoms with Crippen molar-refractivity contribution >= 4 is 5.91 Å². The van der Waals surface area contributed by atoms with Crippen molar-refractivity contribution in [3.63, 3.8) is 0 Å². The Morgan fingerprint density at radius 1 is 1.47 bits per heavy atom.